The molecule has 0 aliphatic heterocycles. The molecule has 2 rings (SSSR count). The van der Waals surface area contributed by atoms with Crippen LogP contribution in [0.25, 0.3) is 0 Å². The van der Waals surface area contributed by atoms with Gasteiger partial charge in [-0.15, -0.1) is 0 Å². The first-order chi connectivity index (χ1) is 9.47. The van der Waals surface area contributed by atoms with Crippen molar-refractivity contribution in [2.24, 2.45) is 5.92 Å². The Morgan fingerprint density at radius 1 is 1.05 bits per heavy atom. The summed E-state index contributed by atoms with van der Waals surface area (Å²) >= 11 is 6.96. The summed E-state index contributed by atoms with van der Waals surface area (Å²) in [4.78, 5) is 0. The highest BCUT2D eigenvalue weighted by Gasteiger charge is 2.14. The molecule has 0 amide bonds. The van der Waals surface area contributed by atoms with E-state index in [2.05, 4.69) is 57.8 Å². The molecule has 3 heteroatoms. The summed E-state index contributed by atoms with van der Waals surface area (Å²) in [6, 6.07) is 14.0. The molecule has 2 aromatic carbocycles. The first kappa shape index (κ1) is 15.7. The van der Waals surface area contributed by atoms with Crippen LogP contribution in [0.2, 0.25) is 0 Å². The van der Waals surface area contributed by atoms with Gasteiger partial charge in [-0.3, -0.25) is 0 Å². The van der Waals surface area contributed by atoms with Gasteiger partial charge in [0.1, 0.15) is 6.10 Å². The van der Waals surface area contributed by atoms with Gasteiger partial charge in [-0.1, -0.05) is 70.0 Å². The van der Waals surface area contributed by atoms with E-state index in [1.165, 1.54) is 5.56 Å². The molecule has 0 saturated carbocycles. The van der Waals surface area contributed by atoms with Crippen LogP contribution in [0.1, 0.15) is 36.6 Å². The molecule has 0 aromatic heterocycles. The average Bonchev–Trinajstić information content (AvgIpc) is 2.40. The normalized spacial score (nSPS) is 12.7. The summed E-state index contributed by atoms with van der Waals surface area (Å²) in [6.45, 7) is 4.40. The zero-order valence-corrected chi connectivity index (χ0v) is 14.8. The minimum Gasteiger partial charge on any atom is -0.384 e. The SMILES string of the molecule is CC(C)Cc1cccc(C(O)c2cc(Br)ccc2Br)c1. The number of halogens is 2. The number of hydrogen-bond acceptors (Lipinski definition) is 1. The molecule has 0 aliphatic carbocycles. The van der Waals surface area contributed by atoms with Crippen molar-refractivity contribution in [3.05, 3.63) is 68.1 Å². The Kier molecular flexibility index (Phi) is 5.42. The second-order valence-electron chi connectivity index (χ2n) is 5.41. The molecular weight excluding hydrogens is 380 g/mol. The highest BCUT2D eigenvalue weighted by molar-refractivity contribution is 9.11. The summed E-state index contributed by atoms with van der Waals surface area (Å²) < 4.78 is 1.88. The van der Waals surface area contributed by atoms with Crippen LogP contribution in [0.15, 0.2) is 51.4 Å². The second-order valence-corrected chi connectivity index (χ2v) is 7.18. The Morgan fingerprint density at radius 3 is 2.50 bits per heavy atom. The molecule has 0 spiro atoms. The van der Waals surface area contributed by atoms with Crippen molar-refractivity contribution in [1.82, 2.24) is 0 Å². The Morgan fingerprint density at radius 2 is 1.80 bits per heavy atom. The van der Waals surface area contributed by atoms with Gasteiger partial charge in [-0.05, 0) is 41.7 Å². The fourth-order valence-electron chi connectivity index (χ4n) is 2.27. The summed E-state index contributed by atoms with van der Waals surface area (Å²) in [5.74, 6) is 0.611. The highest BCUT2D eigenvalue weighted by atomic mass is 79.9. The maximum absolute atomic E-state index is 10.6. The van der Waals surface area contributed by atoms with Gasteiger partial charge >= 0.3 is 0 Å². The number of benzene rings is 2. The minimum absolute atomic E-state index is 0.611. The molecule has 0 heterocycles. The molecule has 0 bridgehead atoms. The maximum Gasteiger partial charge on any atom is 0.105 e. The van der Waals surface area contributed by atoms with Crippen molar-refractivity contribution < 1.29 is 5.11 Å². The zero-order chi connectivity index (χ0) is 14.7. The van der Waals surface area contributed by atoms with Crippen LogP contribution in [0.3, 0.4) is 0 Å². The number of aliphatic hydroxyl groups excluding tert-OH is 1. The van der Waals surface area contributed by atoms with Crippen molar-refractivity contribution in [2.75, 3.05) is 0 Å². The van der Waals surface area contributed by atoms with E-state index in [1.807, 2.05) is 30.3 Å². The Hall–Kier alpha value is -0.640. The van der Waals surface area contributed by atoms with Crippen LogP contribution >= 0.6 is 31.9 Å². The van der Waals surface area contributed by atoms with E-state index >= 15 is 0 Å². The third kappa shape index (κ3) is 3.94. The molecule has 0 saturated heterocycles. The Labute approximate surface area is 137 Å². The minimum atomic E-state index is -0.617. The van der Waals surface area contributed by atoms with E-state index in [0.717, 1.165) is 26.5 Å². The van der Waals surface area contributed by atoms with Gasteiger partial charge in [0.25, 0.3) is 0 Å². The van der Waals surface area contributed by atoms with E-state index in [4.69, 9.17) is 0 Å². The van der Waals surface area contributed by atoms with Crippen LogP contribution in [0.4, 0.5) is 0 Å². The van der Waals surface area contributed by atoms with Crippen LogP contribution < -0.4 is 0 Å². The quantitative estimate of drug-likeness (QED) is 0.722. The molecular formula is C17H18Br2O. The van der Waals surface area contributed by atoms with Gasteiger partial charge in [0, 0.05) is 14.5 Å². The van der Waals surface area contributed by atoms with E-state index < -0.39 is 6.10 Å². The standard InChI is InChI=1S/C17H18Br2O/c1-11(2)8-12-4-3-5-13(9-12)17(20)15-10-14(18)6-7-16(15)19/h3-7,9-11,17,20H,8H2,1-2H3. The summed E-state index contributed by atoms with van der Waals surface area (Å²) in [7, 11) is 0. The van der Waals surface area contributed by atoms with Crippen LogP contribution in [0, 0.1) is 5.92 Å². The summed E-state index contributed by atoms with van der Waals surface area (Å²) in [5.41, 5.74) is 3.07. The summed E-state index contributed by atoms with van der Waals surface area (Å²) in [6.07, 6.45) is 0.411. The number of aliphatic hydroxyl groups is 1. The lowest BCUT2D eigenvalue weighted by Gasteiger charge is -2.15. The molecule has 0 radical (unpaired) electrons. The van der Waals surface area contributed by atoms with Gasteiger partial charge in [-0.25, -0.2) is 0 Å². The molecule has 106 valence electrons. The lowest BCUT2D eigenvalue weighted by Crippen LogP contribution is -2.02. The second kappa shape index (κ2) is 6.88. The van der Waals surface area contributed by atoms with E-state index in [0.29, 0.717) is 5.92 Å². The molecule has 1 atom stereocenters. The van der Waals surface area contributed by atoms with Crippen LogP contribution in [-0.4, -0.2) is 5.11 Å². The van der Waals surface area contributed by atoms with Gasteiger partial charge in [0.05, 0.1) is 0 Å². The van der Waals surface area contributed by atoms with E-state index in [1.54, 1.807) is 0 Å². The molecule has 1 nitrogen and oxygen atoms in total. The molecule has 20 heavy (non-hydrogen) atoms. The number of rotatable bonds is 4. The fourth-order valence-corrected chi connectivity index (χ4v) is 3.11. The monoisotopic (exact) mass is 396 g/mol. The number of hydrogen-bond donors (Lipinski definition) is 1. The third-order valence-electron chi connectivity index (χ3n) is 3.16. The van der Waals surface area contributed by atoms with E-state index in [9.17, 15) is 5.11 Å². The van der Waals surface area contributed by atoms with Crippen molar-refractivity contribution in [3.63, 3.8) is 0 Å². The topological polar surface area (TPSA) is 20.2 Å². The predicted molar refractivity (Wildman–Crippen MR) is 90.9 cm³/mol. The summed E-state index contributed by atoms with van der Waals surface area (Å²) in [5, 5.41) is 10.6. The molecule has 2 aromatic rings. The maximum atomic E-state index is 10.6. The lowest BCUT2D eigenvalue weighted by molar-refractivity contribution is 0.219. The molecule has 1 N–H and O–H groups in total. The van der Waals surface area contributed by atoms with E-state index in [-0.39, 0.29) is 0 Å². The Bertz CT molecular complexity index is 593. The predicted octanol–water partition coefficient (Wildman–Crippen LogP) is 5.49. The van der Waals surface area contributed by atoms with Crippen molar-refractivity contribution in [2.45, 2.75) is 26.4 Å². The first-order valence-electron chi connectivity index (χ1n) is 6.69. The van der Waals surface area contributed by atoms with Crippen molar-refractivity contribution in [3.8, 4) is 0 Å². The van der Waals surface area contributed by atoms with Gasteiger partial charge in [-0.2, -0.15) is 0 Å². The van der Waals surface area contributed by atoms with Gasteiger partial charge in [0.15, 0.2) is 0 Å². The fraction of sp³-hybridized carbons (Fsp3) is 0.294. The largest absolute Gasteiger partial charge is 0.384 e. The highest BCUT2D eigenvalue weighted by Crippen LogP contribution is 2.31. The van der Waals surface area contributed by atoms with Crippen LogP contribution in [-0.2, 0) is 6.42 Å². The molecule has 0 fully saturated rings. The van der Waals surface area contributed by atoms with Gasteiger partial charge < -0.3 is 5.11 Å². The zero-order valence-electron chi connectivity index (χ0n) is 11.6. The van der Waals surface area contributed by atoms with Crippen LogP contribution in [0.5, 0.6) is 0 Å². The van der Waals surface area contributed by atoms with Crippen molar-refractivity contribution in [1.29, 1.82) is 0 Å². The first-order valence-corrected chi connectivity index (χ1v) is 8.28. The average molecular weight is 398 g/mol. The molecule has 1 unspecified atom stereocenters. The van der Waals surface area contributed by atoms with Gasteiger partial charge in [0.2, 0.25) is 0 Å². The van der Waals surface area contributed by atoms with Crippen molar-refractivity contribution >= 4 is 31.9 Å². The lowest BCUT2D eigenvalue weighted by atomic mass is 9.96. The Balaban J connectivity index is 2.33. The smallest absolute Gasteiger partial charge is 0.105 e. The molecule has 0 aliphatic rings. The third-order valence-corrected chi connectivity index (χ3v) is 4.38.